The normalized spacial score (nSPS) is 25.8. The molecule has 1 atom stereocenters. The largest absolute Gasteiger partial charge is 0.496 e. The summed E-state index contributed by atoms with van der Waals surface area (Å²) in [6.07, 6.45) is 1.21. The summed E-state index contributed by atoms with van der Waals surface area (Å²) >= 11 is 0. The van der Waals surface area contributed by atoms with E-state index in [1.165, 1.54) is 17.5 Å². The van der Waals surface area contributed by atoms with Crippen molar-refractivity contribution in [1.82, 2.24) is 10.2 Å². The van der Waals surface area contributed by atoms with Crippen LogP contribution in [0.2, 0.25) is 0 Å². The van der Waals surface area contributed by atoms with Crippen molar-refractivity contribution in [3.63, 3.8) is 0 Å². The van der Waals surface area contributed by atoms with E-state index in [-0.39, 0.29) is 5.54 Å². The van der Waals surface area contributed by atoms with E-state index >= 15 is 0 Å². The van der Waals surface area contributed by atoms with Crippen LogP contribution in [0.3, 0.4) is 0 Å². The Morgan fingerprint density at radius 2 is 2.17 bits per heavy atom. The first-order valence-electron chi connectivity index (χ1n) is 6.65. The van der Waals surface area contributed by atoms with Gasteiger partial charge in [-0.3, -0.25) is 4.90 Å². The first kappa shape index (κ1) is 13.4. The molecule has 1 saturated heterocycles. The van der Waals surface area contributed by atoms with Crippen LogP contribution in [0, 0.1) is 6.92 Å². The topological polar surface area (TPSA) is 24.5 Å². The van der Waals surface area contributed by atoms with Crippen LogP contribution >= 0.6 is 0 Å². The average Bonchev–Trinajstić information content (AvgIpc) is 2.53. The maximum Gasteiger partial charge on any atom is 0.121 e. The summed E-state index contributed by atoms with van der Waals surface area (Å²) in [7, 11) is 3.94. The summed E-state index contributed by atoms with van der Waals surface area (Å²) in [6, 6.07) is 6.52. The molecule has 0 amide bonds. The van der Waals surface area contributed by atoms with Crippen molar-refractivity contribution in [2.75, 3.05) is 33.8 Å². The number of hydrogen-bond acceptors (Lipinski definition) is 3. The van der Waals surface area contributed by atoms with Gasteiger partial charge in [-0.2, -0.15) is 0 Å². The Hall–Kier alpha value is -1.06. The fraction of sp³-hybridized carbons (Fsp3) is 0.600. The summed E-state index contributed by atoms with van der Waals surface area (Å²) in [4.78, 5) is 2.45. The fourth-order valence-corrected chi connectivity index (χ4v) is 2.69. The minimum atomic E-state index is 0.0630. The number of nitrogens with one attached hydrogen (secondary N) is 1. The number of aryl methyl sites for hydroxylation is 1. The molecule has 0 bridgehead atoms. The van der Waals surface area contributed by atoms with E-state index in [9.17, 15) is 0 Å². The molecular weight excluding hydrogens is 224 g/mol. The molecule has 0 aliphatic carbocycles. The lowest BCUT2D eigenvalue weighted by Crippen LogP contribution is -2.46. The van der Waals surface area contributed by atoms with Gasteiger partial charge in [-0.1, -0.05) is 12.1 Å². The van der Waals surface area contributed by atoms with Crippen LogP contribution in [-0.2, 0) is 5.54 Å². The molecule has 3 heteroatoms. The van der Waals surface area contributed by atoms with E-state index in [1.54, 1.807) is 7.11 Å². The second kappa shape index (κ2) is 5.29. The molecule has 1 aromatic carbocycles. The van der Waals surface area contributed by atoms with Gasteiger partial charge in [-0.05, 0) is 57.6 Å². The quantitative estimate of drug-likeness (QED) is 0.868. The molecule has 1 N–H and O–H groups in total. The Kier molecular flexibility index (Phi) is 3.93. The molecule has 1 fully saturated rings. The van der Waals surface area contributed by atoms with Gasteiger partial charge >= 0.3 is 0 Å². The minimum Gasteiger partial charge on any atom is -0.496 e. The van der Waals surface area contributed by atoms with Crippen LogP contribution < -0.4 is 10.1 Å². The van der Waals surface area contributed by atoms with Gasteiger partial charge in [0.05, 0.1) is 12.6 Å². The van der Waals surface area contributed by atoms with Crippen LogP contribution in [0.4, 0.5) is 0 Å². The predicted octanol–water partition coefficient (Wildman–Crippen LogP) is 2.14. The van der Waals surface area contributed by atoms with Crippen molar-refractivity contribution in [3.05, 3.63) is 29.3 Å². The number of methoxy groups -OCH3 is 1. The molecule has 0 aromatic heterocycles. The highest BCUT2D eigenvalue weighted by Crippen LogP contribution is 2.31. The van der Waals surface area contributed by atoms with Gasteiger partial charge in [0.25, 0.3) is 0 Å². The number of ether oxygens (including phenoxy) is 1. The number of likely N-dealkylation sites (N-methyl/N-ethyl adjacent to an activating group) is 1. The second-order valence-electron chi connectivity index (χ2n) is 5.41. The highest BCUT2D eigenvalue weighted by atomic mass is 16.5. The summed E-state index contributed by atoms with van der Waals surface area (Å²) < 4.78 is 5.34. The molecule has 1 aliphatic heterocycles. The third-order valence-electron chi connectivity index (χ3n) is 4.18. The number of rotatable bonds is 2. The van der Waals surface area contributed by atoms with Crippen molar-refractivity contribution >= 4 is 0 Å². The highest BCUT2D eigenvalue weighted by molar-refractivity contribution is 5.39. The summed E-state index contributed by atoms with van der Waals surface area (Å²) in [5.74, 6) is 0.964. The van der Waals surface area contributed by atoms with Crippen LogP contribution in [0.15, 0.2) is 18.2 Å². The van der Waals surface area contributed by atoms with Gasteiger partial charge in [-0.15, -0.1) is 0 Å². The molecule has 0 spiro atoms. The summed E-state index contributed by atoms with van der Waals surface area (Å²) in [5, 5.41) is 3.54. The molecule has 18 heavy (non-hydrogen) atoms. The second-order valence-corrected chi connectivity index (χ2v) is 5.41. The fourth-order valence-electron chi connectivity index (χ4n) is 2.69. The van der Waals surface area contributed by atoms with Crippen LogP contribution in [0.1, 0.15) is 24.5 Å². The van der Waals surface area contributed by atoms with E-state index in [0.717, 1.165) is 25.4 Å². The number of nitrogens with zero attached hydrogens (tertiary/aromatic N) is 1. The lowest BCUT2D eigenvalue weighted by atomic mass is 9.89. The Morgan fingerprint density at radius 1 is 1.39 bits per heavy atom. The Balaban J connectivity index is 2.35. The molecular formula is C15H24N2O. The Bertz CT molecular complexity index is 419. The minimum absolute atomic E-state index is 0.0630. The van der Waals surface area contributed by atoms with E-state index in [2.05, 4.69) is 49.3 Å². The smallest absolute Gasteiger partial charge is 0.121 e. The predicted molar refractivity (Wildman–Crippen MR) is 75.2 cm³/mol. The van der Waals surface area contributed by atoms with Crippen LogP contribution in [-0.4, -0.2) is 38.7 Å². The first-order valence-corrected chi connectivity index (χ1v) is 6.65. The summed E-state index contributed by atoms with van der Waals surface area (Å²) in [6.45, 7) is 7.65. The first-order chi connectivity index (χ1) is 8.58. The molecule has 0 radical (unpaired) electrons. The van der Waals surface area contributed by atoms with Crippen molar-refractivity contribution in [2.45, 2.75) is 25.8 Å². The molecule has 100 valence electrons. The van der Waals surface area contributed by atoms with Crippen molar-refractivity contribution in [2.24, 2.45) is 0 Å². The van der Waals surface area contributed by atoms with Crippen LogP contribution in [0.5, 0.6) is 5.75 Å². The van der Waals surface area contributed by atoms with E-state index in [4.69, 9.17) is 4.74 Å². The summed E-state index contributed by atoms with van der Waals surface area (Å²) in [5.41, 5.74) is 2.62. The van der Waals surface area contributed by atoms with Gasteiger partial charge in [0, 0.05) is 6.54 Å². The van der Waals surface area contributed by atoms with E-state index in [0.29, 0.717) is 0 Å². The highest BCUT2D eigenvalue weighted by Gasteiger charge is 2.32. The zero-order valence-electron chi connectivity index (χ0n) is 11.9. The SMILES string of the molecule is COc1ccc(C2(C)CNCCCN2C)cc1C. The molecule has 1 aromatic rings. The maximum absolute atomic E-state index is 5.34. The third-order valence-corrected chi connectivity index (χ3v) is 4.18. The van der Waals surface area contributed by atoms with E-state index < -0.39 is 0 Å². The molecule has 2 rings (SSSR count). The monoisotopic (exact) mass is 248 g/mol. The van der Waals surface area contributed by atoms with Gasteiger partial charge < -0.3 is 10.1 Å². The lowest BCUT2D eigenvalue weighted by molar-refractivity contribution is 0.151. The lowest BCUT2D eigenvalue weighted by Gasteiger charge is -2.38. The van der Waals surface area contributed by atoms with Crippen molar-refractivity contribution < 1.29 is 4.74 Å². The molecule has 3 nitrogen and oxygen atoms in total. The number of hydrogen-bond donors (Lipinski definition) is 1. The van der Waals surface area contributed by atoms with E-state index in [1.807, 2.05) is 0 Å². The average molecular weight is 248 g/mol. The molecule has 1 aliphatic rings. The number of benzene rings is 1. The zero-order valence-corrected chi connectivity index (χ0v) is 11.9. The van der Waals surface area contributed by atoms with Crippen molar-refractivity contribution in [1.29, 1.82) is 0 Å². The van der Waals surface area contributed by atoms with Crippen molar-refractivity contribution in [3.8, 4) is 5.75 Å². The Labute approximate surface area is 110 Å². The Morgan fingerprint density at radius 3 is 2.83 bits per heavy atom. The van der Waals surface area contributed by atoms with Gasteiger partial charge in [0.15, 0.2) is 0 Å². The van der Waals surface area contributed by atoms with Gasteiger partial charge in [0.2, 0.25) is 0 Å². The van der Waals surface area contributed by atoms with Gasteiger partial charge in [0.1, 0.15) is 5.75 Å². The maximum atomic E-state index is 5.34. The van der Waals surface area contributed by atoms with Crippen LogP contribution in [0.25, 0.3) is 0 Å². The van der Waals surface area contributed by atoms with Gasteiger partial charge in [-0.25, -0.2) is 0 Å². The molecule has 1 unspecified atom stereocenters. The third kappa shape index (κ3) is 2.38. The zero-order chi connectivity index (χ0) is 13.2. The molecule has 1 heterocycles. The molecule has 0 saturated carbocycles. The standard InChI is InChI=1S/C15H24N2O/c1-12-10-13(6-7-14(12)18-4)15(2)11-16-8-5-9-17(15)3/h6-7,10,16H,5,8-9,11H2,1-4H3.